The Morgan fingerprint density at radius 3 is 2.63 bits per heavy atom. The molecule has 0 saturated carbocycles. The van der Waals surface area contributed by atoms with Crippen molar-refractivity contribution in [1.29, 1.82) is 4.78 Å². The number of urea groups is 1. The lowest BCUT2D eigenvalue weighted by Gasteiger charge is -2.23. The Balaban J connectivity index is 1.38. The first-order valence-corrected chi connectivity index (χ1v) is 11.8. The van der Waals surface area contributed by atoms with Gasteiger partial charge in [0, 0.05) is 12.8 Å². The maximum Gasteiger partial charge on any atom is 0.331 e. The fourth-order valence-corrected chi connectivity index (χ4v) is 5.71. The molecule has 0 fully saturated rings. The average Bonchev–Trinajstić information content (AvgIpc) is 3.45. The third-order valence-electron chi connectivity index (χ3n) is 6.13. The Morgan fingerprint density at radius 2 is 1.97 bits per heavy atom. The number of amides is 2. The number of carbonyl (C=O) groups excluding carboxylic acids is 1. The van der Waals surface area contributed by atoms with Gasteiger partial charge in [-0.3, -0.25) is 0 Å². The summed E-state index contributed by atoms with van der Waals surface area (Å²) in [6.07, 6.45) is 7.22. The van der Waals surface area contributed by atoms with Crippen LogP contribution in [0, 0.1) is 4.78 Å². The summed E-state index contributed by atoms with van der Waals surface area (Å²) in [5.41, 5.74) is 5.80. The molecule has 0 spiro atoms. The molecule has 10 heteroatoms. The van der Waals surface area contributed by atoms with E-state index in [1.54, 1.807) is 7.11 Å². The number of nitrogens with one attached hydrogen (secondary N) is 3. The molecule has 0 bridgehead atoms. The molecule has 1 aliphatic heterocycles. The van der Waals surface area contributed by atoms with Crippen molar-refractivity contribution in [2.24, 2.45) is 0 Å². The molecule has 2 heterocycles. The van der Waals surface area contributed by atoms with E-state index in [9.17, 15) is 9.00 Å². The Morgan fingerprint density at radius 1 is 1.27 bits per heavy atom. The van der Waals surface area contributed by atoms with E-state index in [4.69, 9.17) is 14.3 Å². The second-order valence-corrected chi connectivity index (χ2v) is 9.77. The Labute approximate surface area is 175 Å². The molecule has 2 aliphatic carbocycles. The lowest BCUT2D eigenvalue weighted by atomic mass is 9.99. The van der Waals surface area contributed by atoms with Gasteiger partial charge >= 0.3 is 6.03 Å². The number of aromatic nitrogens is 2. The van der Waals surface area contributed by atoms with Crippen molar-refractivity contribution < 1.29 is 18.5 Å². The van der Waals surface area contributed by atoms with E-state index in [-0.39, 0.29) is 23.5 Å². The number of carbonyl (C=O) groups is 1. The average molecular weight is 432 g/mol. The first kappa shape index (κ1) is 19.4. The molecule has 5 rings (SSSR count). The molecule has 3 N–H and O–H groups in total. The predicted octanol–water partition coefficient (Wildman–Crippen LogP) is 2.41. The molecular formula is C20H25N5O4S. The first-order chi connectivity index (χ1) is 14.5. The SMILES string of the molecule is CO[C@@H]1COc2c(S(=N)(=O)NC(=O)Nc3c4c(cc5c3CCC5)CCC4)cnn2C1. The van der Waals surface area contributed by atoms with Gasteiger partial charge < -0.3 is 14.8 Å². The molecule has 0 saturated heterocycles. The number of methoxy groups -OCH3 is 1. The number of aryl methyl sites for hydroxylation is 2. The standard InChI is InChI=1S/C20H25N5O4S/c1-28-14-10-25-19(29-11-14)17(9-22-25)30(21,27)24-20(26)23-18-15-6-2-4-12(15)8-13-5-3-7-16(13)18/h8-9,14H,2-7,10-11H2,1H3,(H3,21,23,24,26,27)/t14-,30?/m0/s1. The van der Waals surface area contributed by atoms with Crippen LogP contribution < -0.4 is 14.8 Å². The van der Waals surface area contributed by atoms with Gasteiger partial charge in [0.15, 0.2) is 9.92 Å². The van der Waals surface area contributed by atoms with Gasteiger partial charge in [0.25, 0.3) is 0 Å². The van der Waals surface area contributed by atoms with E-state index in [0.717, 1.165) is 44.2 Å². The third kappa shape index (κ3) is 3.24. The van der Waals surface area contributed by atoms with Crippen LogP contribution in [0.5, 0.6) is 5.88 Å². The number of hydrogen-bond donors (Lipinski definition) is 3. The highest BCUT2D eigenvalue weighted by atomic mass is 32.2. The van der Waals surface area contributed by atoms with Crippen LogP contribution in [0.25, 0.3) is 0 Å². The lowest BCUT2D eigenvalue weighted by Crippen LogP contribution is -2.35. The summed E-state index contributed by atoms with van der Waals surface area (Å²) in [6, 6.07) is 1.64. The zero-order valence-electron chi connectivity index (χ0n) is 16.8. The summed E-state index contributed by atoms with van der Waals surface area (Å²) >= 11 is 0. The van der Waals surface area contributed by atoms with Crippen molar-refractivity contribution in [3.63, 3.8) is 0 Å². The van der Waals surface area contributed by atoms with Crippen LogP contribution in [0.15, 0.2) is 17.2 Å². The third-order valence-corrected chi connectivity index (χ3v) is 7.51. The molecule has 1 aromatic heterocycles. The van der Waals surface area contributed by atoms with Gasteiger partial charge in [0.05, 0.1) is 12.7 Å². The smallest absolute Gasteiger partial charge is 0.331 e. The van der Waals surface area contributed by atoms with E-state index in [1.165, 1.54) is 33.1 Å². The summed E-state index contributed by atoms with van der Waals surface area (Å²) in [5.74, 6) is 0.241. The van der Waals surface area contributed by atoms with Crippen molar-refractivity contribution in [3.05, 3.63) is 34.5 Å². The van der Waals surface area contributed by atoms with Crippen molar-refractivity contribution in [3.8, 4) is 5.88 Å². The van der Waals surface area contributed by atoms with Gasteiger partial charge in [-0.2, -0.15) is 5.10 Å². The molecule has 30 heavy (non-hydrogen) atoms. The van der Waals surface area contributed by atoms with Gasteiger partial charge in [-0.05, 0) is 60.8 Å². The molecule has 1 unspecified atom stereocenters. The molecule has 3 aliphatic rings. The number of hydrogen-bond acceptors (Lipinski definition) is 6. The highest BCUT2D eigenvalue weighted by molar-refractivity contribution is 7.91. The molecular weight excluding hydrogens is 406 g/mol. The molecule has 9 nitrogen and oxygen atoms in total. The highest BCUT2D eigenvalue weighted by Gasteiger charge is 2.30. The van der Waals surface area contributed by atoms with Crippen LogP contribution in [-0.2, 0) is 46.9 Å². The van der Waals surface area contributed by atoms with Crippen molar-refractivity contribution >= 4 is 21.6 Å². The van der Waals surface area contributed by atoms with Crippen LogP contribution in [0.2, 0.25) is 0 Å². The largest absolute Gasteiger partial charge is 0.474 e. The molecule has 2 amide bonds. The zero-order chi connectivity index (χ0) is 20.9. The first-order valence-electron chi connectivity index (χ1n) is 10.2. The van der Waals surface area contributed by atoms with Crippen molar-refractivity contribution in [1.82, 2.24) is 14.5 Å². The van der Waals surface area contributed by atoms with E-state index >= 15 is 0 Å². The Kier molecular flexibility index (Phi) is 4.70. The number of benzene rings is 1. The molecule has 1 aromatic carbocycles. The Hall–Kier alpha value is -2.59. The predicted molar refractivity (Wildman–Crippen MR) is 110 cm³/mol. The van der Waals surface area contributed by atoms with E-state index in [0.29, 0.717) is 6.54 Å². The Bertz CT molecular complexity index is 1090. The number of ether oxygens (including phenoxy) is 2. The summed E-state index contributed by atoms with van der Waals surface area (Å²) in [6.45, 7) is 0.717. The second kappa shape index (κ2) is 7.28. The maximum atomic E-state index is 13.1. The van der Waals surface area contributed by atoms with Gasteiger partial charge in [-0.1, -0.05) is 6.07 Å². The number of anilines is 1. The summed E-state index contributed by atoms with van der Waals surface area (Å²) in [7, 11) is -2.06. The molecule has 0 radical (unpaired) electrons. The van der Waals surface area contributed by atoms with E-state index in [1.807, 2.05) is 0 Å². The van der Waals surface area contributed by atoms with E-state index in [2.05, 4.69) is 21.2 Å². The topological polar surface area (TPSA) is 118 Å². The number of rotatable bonds is 4. The van der Waals surface area contributed by atoms with Crippen molar-refractivity contribution in [2.45, 2.75) is 56.1 Å². The van der Waals surface area contributed by atoms with Gasteiger partial charge in [0.1, 0.15) is 17.6 Å². The van der Waals surface area contributed by atoms with Crippen molar-refractivity contribution in [2.75, 3.05) is 19.0 Å². The maximum absolute atomic E-state index is 13.1. The summed E-state index contributed by atoms with van der Waals surface area (Å²) < 4.78 is 36.1. The van der Waals surface area contributed by atoms with Crippen LogP contribution in [-0.4, -0.2) is 39.8 Å². The van der Waals surface area contributed by atoms with Crippen LogP contribution >= 0.6 is 0 Å². The lowest BCUT2D eigenvalue weighted by molar-refractivity contribution is 0.0165. The number of fused-ring (bicyclic) bond motifs is 3. The fourth-order valence-electron chi connectivity index (χ4n) is 4.68. The fraction of sp³-hybridized carbons (Fsp3) is 0.500. The monoisotopic (exact) mass is 431 g/mol. The van der Waals surface area contributed by atoms with Crippen LogP contribution in [0.1, 0.15) is 35.1 Å². The summed E-state index contributed by atoms with van der Waals surface area (Å²) in [4.78, 5) is 12.8. The number of nitrogens with zero attached hydrogens (tertiary/aromatic N) is 2. The second-order valence-electron chi connectivity index (χ2n) is 8.01. The van der Waals surface area contributed by atoms with E-state index < -0.39 is 15.9 Å². The zero-order valence-corrected chi connectivity index (χ0v) is 17.6. The molecule has 2 atom stereocenters. The van der Waals surface area contributed by atoms with Crippen LogP contribution in [0.3, 0.4) is 0 Å². The summed E-state index contributed by atoms with van der Waals surface area (Å²) in [5, 5.41) is 7.07. The minimum atomic E-state index is -3.64. The molecule has 160 valence electrons. The minimum Gasteiger partial charge on any atom is -0.474 e. The van der Waals surface area contributed by atoms with Crippen LogP contribution in [0.4, 0.5) is 10.5 Å². The van der Waals surface area contributed by atoms with Gasteiger partial charge in [0.2, 0.25) is 5.88 Å². The quantitative estimate of drug-likeness (QED) is 0.687. The molecule has 2 aromatic rings. The van der Waals surface area contributed by atoms with Gasteiger partial charge in [-0.25, -0.2) is 23.2 Å². The normalized spacial score (nSPS) is 21.2. The van der Waals surface area contributed by atoms with Gasteiger partial charge in [-0.15, -0.1) is 0 Å². The minimum absolute atomic E-state index is 0.0655. The highest BCUT2D eigenvalue weighted by Crippen LogP contribution is 2.38.